The number of phosphoric acid groups is 1. The minimum absolute atomic E-state index is 0.00566. The molecule has 3 aliphatic rings. The van der Waals surface area contributed by atoms with Gasteiger partial charge in [-0.15, -0.1) is 0 Å². The predicted octanol–water partition coefficient (Wildman–Crippen LogP) is -2.97. The molecule has 216 valence electrons. The van der Waals surface area contributed by atoms with Crippen LogP contribution in [0.5, 0.6) is 0 Å². The third kappa shape index (κ3) is 5.82. The van der Waals surface area contributed by atoms with Crippen LogP contribution in [0.1, 0.15) is 24.6 Å². The Morgan fingerprint density at radius 3 is 2.42 bits per heavy atom. The van der Waals surface area contributed by atoms with Crippen LogP contribution >= 0.6 is 7.82 Å². The number of pyridine rings is 1. The summed E-state index contributed by atoms with van der Waals surface area (Å²) in [5, 5.41) is 53.9. The first kappa shape index (κ1) is 29.8. The van der Waals surface area contributed by atoms with Crippen LogP contribution in [0.4, 0.5) is 0 Å². The normalized spacial score (nSPS) is 41.4. The van der Waals surface area contributed by atoms with Crippen LogP contribution in [-0.2, 0) is 36.5 Å². The fourth-order valence-electron chi connectivity index (χ4n) is 5.43. The first-order chi connectivity index (χ1) is 17.8. The van der Waals surface area contributed by atoms with Crippen LogP contribution in [-0.4, -0.2) is 116 Å². The second-order valence-electron chi connectivity index (χ2n) is 10.0. The highest BCUT2D eigenvalue weighted by molar-refractivity contribution is 7.46. The van der Waals surface area contributed by atoms with Gasteiger partial charge in [0.2, 0.25) is 12.1 Å². The third-order valence-electron chi connectivity index (χ3n) is 7.36. The molecule has 3 fully saturated rings. The lowest BCUT2D eigenvalue weighted by molar-refractivity contribution is -0.482. The van der Waals surface area contributed by atoms with Gasteiger partial charge in [-0.1, -0.05) is 6.07 Å². The highest BCUT2D eigenvalue weighted by Gasteiger charge is 2.68. The lowest BCUT2D eigenvalue weighted by Crippen LogP contribution is -2.81. The van der Waals surface area contributed by atoms with Crippen molar-refractivity contribution in [1.82, 2.24) is 20.9 Å². The molecule has 9 N–H and O–H groups in total. The largest absolute Gasteiger partial charge is 0.469 e. The molecule has 1 aromatic heterocycles. The smallest absolute Gasteiger partial charge is 0.390 e. The molecule has 0 amide bonds. The minimum Gasteiger partial charge on any atom is -0.390 e. The number of hydrogen-bond acceptors (Lipinski definition) is 13. The van der Waals surface area contributed by atoms with Gasteiger partial charge in [-0.3, -0.25) is 9.51 Å². The van der Waals surface area contributed by atoms with Gasteiger partial charge in [0.15, 0.2) is 0 Å². The number of aliphatic hydroxyl groups excluding tert-OH is 2. The molecule has 0 radical (unpaired) electrons. The van der Waals surface area contributed by atoms with Crippen molar-refractivity contribution in [3.63, 3.8) is 0 Å². The SMILES string of the molecule is CN[C@@H]1[C@H](O)[C@H](NC)[C@H]2O[C@]3(O)[C@H](O[C@@H]2[C@H]1O)O[C@H](C)C[C@@]3(O)CNCc1ccc(COP(=O)(O)O)cn1. The van der Waals surface area contributed by atoms with Crippen LogP contribution < -0.4 is 16.0 Å². The summed E-state index contributed by atoms with van der Waals surface area (Å²) in [6.45, 7) is 1.45. The molecule has 0 bridgehead atoms. The monoisotopic (exact) mass is 564 g/mol. The molecule has 2 saturated heterocycles. The number of likely N-dealkylation sites (N-methyl/N-ethyl adjacent to an activating group) is 2. The number of phosphoric ester groups is 1. The molecular formula is C22H37N4O11P. The van der Waals surface area contributed by atoms with E-state index in [-0.39, 0.29) is 26.1 Å². The second kappa shape index (κ2) is 11.4. The molecule has 0 aromatic carbocycles. The summed E-state index contributed by atoms with van der Waals surface area (Å²) in [6.07, 6.45) is -4.76. The molecule has 16 heteroatoms. The van der Waals surface area contributed by atoms with Gasteiger partial charge in [0.25, 0.3) is 0 Å². The topological polar surface area (TPSA) is 224 Å². The summed E-state index contributed by atoms with van der Waals surface area (Å²) < 4.78 is 33.2. The van der Waals surface area contributed by atoms with E-state index in [4.69, 9.17) is 24.0 Å². The van der Waals surface area contributed by atoms with Crippen LogP contribution in [0.3, 0.4) is 0 Å². The zero-order valence-electron chi connectivity index (χ0n) is 21.3. The van der Waals surface area contributed by atoms with Crippen molar-refractivity contribution in [2.24, 2.45) is 0 Å². The van der Waals surface area contributed by atoms with E-state index in [9.17, 15) is 25.0 Å². The van der Waals surface area contributed by atoms with Crippen LogP contribution in [0.2, 0.25) is 0 Å². The highest BCUT2D eigenvalue weighted by Crippen LogP contribution is 2.46. The highest BCUT2D eigenvalue weighted by atomic mass is 31.2. The molecule has 4 rings (SSSR count). The number of hydrogen-bond donors (Lipinski definition) is 9. The van der Waals surface area contributed by atoms with Gasteiger partial charge >= 0.3 is 7.82 Å². The van der Waals surface area contributed by atoms with E-state index < -0.39 is 68.1 Å². The van der Waals surface area contributed by atoms with Crippen LogP contribution in [0, 0.1) is 0 Å². The van der Waals surface area contributed by atoms with Crippen molar-refractivity contribution in [1.29, 1.82) is 0 Å². The van der Waals surface area contributed by atoms with Crippen molar-refractivity contribution in [2.45, 2.75) is 86.8 Å². The molecule has 10 atom stereocenters. The first-order valence-corrected chi connectivity index (χ1v) is 13.8. The van der Waals surface area contributed by atoms with Gasteiger partial charge in [-0.05, 0) is 32.6 Å². The molecular weight excluding hydrogens is 527 g/mol. The Hall–Kier alpha value is -1.14. The summed E-state index contributed by atoms with van der Waals surface area (Å²) in [5.74, 6) is -2.33. The molecule has 15 nitrogen and oxygen atoms in total. The van der Waals surface area contributed by atoms with Gasteiger partial charge in [-0.25, -0.2) is 4.57 Å². The van der Waals surface area contributed by atoms with E-state index in [0.717, 1.165) is 0 Å². The summed E-state index contributed by atoms with van der Waals surface area (Å²) in [6, 6.07) is 1.76. The minimum atomic E-state index is -4.59. The standard InChI is InChI=1S/C22H37N4O11P/c1-11-6-21(29,10-25-8-13-5-4-12(7-26-13)9-34-38(31,32)33)22(30)20(35-11)36-19-17(28)14(23-2)16(27)15(24-3)18(19)37-22/h4-5,7,11,14-20,23-25,27-30H,6,8-10H2,1-3H3,(H2,31,32,33)/t11-,14-,15+,16+,17+,18-,19-,20+,21-,22-/m1/s1. The number of ether oxygens (including phenoxy) is 3. The van der Waals surface area contributed by atoms with Crippen LogP contribution in [0.25, 0.3) is 0 Å². The first-order valence-electron chi connectivity index (χ1n) is 12.3. The molecule has 1 saturated carbocycles. The summed E-state index contributed by atoms with van der Waals surface area (Å²) in [5.41, 5.74) is -0.860. The second-order valence-corrected chi connectivity index (χ2v) is 11.3. The molecule has 1 aromatic rings. The molecule has 0 spiro atoms. The molecule has 1 aliphatic carbocycles. The van der Waals surface area contributed by atoms with Crippen molar-refractivity contribution < 1.29 is 53.5 Å². The number of aromatic nitrogens is 1. The number of nitrogens with zero attached hydrogens (tertiary/aromatic N) is 1. The van der Waals surface area contributed by atoms with Gasteiger partial charge in [0, 0.05) is 25.7 Å². The Morgan fingerprint density at radius 1 is 1.11 bits per heavy atom. The number of nitrogens with one attached hydrogen (secondary N) is 3. The zero-order valence-corrected chi connectivity index (χ0v) is 22.2. The summed E-state index contributed by atoms with van der Waals surface area (Å²) in [4.78, 5) is 21.8. The quantitative estimate of drug-likeness (QED) is 0.137. The van der Waals surface area contributed by atoms with Crippen molar-refractivity contribution >= 4 is 7.82 Å². The van der Waals surface area contributed by atoms with E-state index in [1.165, 1.54) is 6.20 Å². The zero-order chi connectivity index (χ0) is 27.9. The van der Waals surface area contributed by atoms with E-state index in [1.807, 2.05) is 0 Å². The Labute approximate surface area is 219 Å². The fraction of sp³-hybridized carbons (Fsp3) is 0.773. The van der Waals surface area contributed by atoms with Crippen molar-refractivity contribution in [3.05, 3.63) is 29.6 Å². The van der Waals surface area contributed by atoms with Gasteiger partial charge in [0.05, 0.1) is 36.6 Å². The van der Waals surface area contributed by atoms with Crippen molar-refractivity contribution in [3.8, 4) is 0 Å². The third-order valence-corrected chi connectivity index (χ3v) is 7.82. The Bertz CT molecular complexity index is 1000. The maximum absolute atomic E-state index is 11.7. The van der Waals surface area contributed by atoms with E-state index in [0.29, 0.717) is 11.3 Å². The fourth-order valence-corrected chi connectivity index (χ4v) is 5.75. The molecule has 2 aliphatic heterocycles. The summed E-state index contributed by atoms with van der Waals surface area (Å²) in [7, 11) is -1.38. The maximum Gasteiger partial charge on any atom is 0.469 e. The Balaban J connectivity index is 1.46. The molecule has 0 unspecified atom stereocenters. The van der Waals surface area contributed by atoms with E-state index in [2.05, 4.69) is 25.5 Å². The van der Waals surface area contributed by atoms with Crippen LogP contribution in [0.15, 0.2) is 18.3 Å². The average Bonchev–Trinajstić information content (AvgIpc) is 2.84. The predicted molar refractivity (Wildman–Crippen MR) is 129 cm³/mol. The maximum atomic E-state index is 11.7. The Morgan fingerprint density at radius 2 is 1.82 bits per heavy atom. The van der Waals surface area contributed by atoms with Gasteiger partial charge in [0.1, 0.15) is 23.9 Å². The number of aliphatic hydroxyl groups is 4. The number of rotatable bonds is 9. The van der Waals surface area contributed by atoms with Gasteiger partial charge < -0.3 is 60.4 Å². The van der Waals surface area contributed by atoms with Gasteiger partial charge in [-0.2, -0.15) is 0 Å². The molecule has 3 heterocycles. The van der Waals surface area contributed by atoms with E-state index in [1.54, 1.807) is 33.2 Å². The lowest BCUT2D eigenvalue weighted by atomic mass is 9.77. The number of fused-ring (bicyclic) bond motifs is 2. The average molecular weight is 565 g/mol. The molecule has 38 heavy (non-hydrogen) atoms. The van der Waals surface area contributed by atoms with Crippen molar-refractivity contribution in [2.75, 3.05) is 20.6 Å². The Kier molecular flexibility index (Phi) is 8.94. The van der Waals surface area contributed by atoms with E-state index >= 15 is 0 Å². The lowest BCUT2D eigenvalue weighted by Gasteiger charge is -2.60. The summed E-state index contributed by atoms with van der Waals surface area (Å²) >= 11 is 0.